The number of halogens is 1. The van der Waals surface area contributed by atoms with Gasteiger partial charge in [0.1, 0.15) is 5.75 Å². The Morgan fingerprint density at radius 2 is 1.85 bits per heavy atom. The van der Waals surface area contributed by atoms with Crippen LogP contribution in [0.25, 0.3) is 10.8 Å². The van der Waals surface area contributed by atoms with E-state index in [4.69, 9.17) is 4.74 Å². The van der Waals surface area contributed by atoms with Gasteiger partial charge in [0, 0.05) is 32.0 Å². The molecule has 0 saturated carbocycles. The maximum absolute atomic E-state index is 5.18. The summed E-state index contributed by atoms with van der Waals surface area (Å²) in [5, 5.41) is 2.35. The van der Waals surface area contributed by atoms with Gasteiger partial charge in [-0.1, -0.05) is 33.8 Å². The van der Waals surface area contributed by atoms with E-state index in [-0.39, 0.29) is 0 Å². The smallest absolute Gasteiger partial charge is 0.118 e. The van der Waals surface area contributed by atoms with E-state index in [1.807, 2.05) is 30.6 Å². The normalized spacial score (nSPS) is 10.7. The molecule has 0 unspecified atom stereocenters. The number of ether oxygens (including phenoxy) is 1. The van der Waals surface area contributed by atoms with E-state index >= 15 is 0 Å². The summed E-state index contributed by atoms with van der Waals surface area (Å²) < 4.78 is 6.25. The van der Waals surface area contributed by atoms with Crippen molar-refractivity contribution >= 4 is 38.5 Å². The lowest BCUT2D eigenvalue weighted by Crippen LogP contribution is -1.83. The van der Waals surface area contributed by atoms with Crippen LogP contribution in [0.4, 0.5) is 0 Å². The molecule has 4 heteroatoms. The summed E-state index contributed by atoms with van der Waals surface area (Å²) in [5.74, 6) is 0.869. The Labute approximate surface area is 130 Å². The summed E-state index contributed by atoms with van der Waals surface area (Å²) in [6.45, 7) is 0. The molecule has 0 fully saturated rings. The van der Waals surface area contributed by atoms with Crippen LogP contribution in [0, 0.1) is 0 Å². The highest BCUT2D eigenvalue weighted by atomic mass is 79.9. The third kappa shape index (κ3) is 2.81. The number of rotatable bonds is 3. The van der Waals surface area contributed by atoms with Crippen LogP contribution in [0.5, 0.6) is 5.75 Å². The third-order valence-corrected chi connectivity index (χ3v) is 4.52. The first-order valence-corrected chi connectivity index (χ1v) is 7.72. The number of hydrogen-bond donors (Lipinski definition) is 0. The maximum atomic E-state index is 5.18. The van der Waals surface area contributed by atoms with Crippen molar-refractivity contribution in [1.82, 2.24) is 4.98 Å². The second kappa shape index (κ2) is 5.85. The molecule has 20 heavy (non-hydrogen) atoms. The summed E-state index contributed by atoms with van der Waals surface area (Å²) >= 11 is 5.23. The van der Waals surface area contributed by atoms with Crippen molar-refractivity contribution in [2.24, 2.45) is 0 Å². The minimum Gasteiger partial charge on any atom is -0.497 e. The first-order chi connectivity index (χ1) is 9.76. The number of pyridine rings is 1. The number of aromatic nitrogens is 1. The Bertz CT molecular complexity index is 743. The minimum atomic E-state index is 0.869. The fraction of sp³-hybridized carbons (Fsp3) is 0.0625. The molecule has 2 nitrogen and oxygen atoms in total. The molecule has 0 amide bonds. The molecule has 0 radical (unpaired) electrons. The highest BCUT2D eigenvalue weighted by Crippen LogP contribution is 2.34. The van der Waals surface area contributed by atoms with Crippen LogP contribution in [-0.2, 0) is 0 Å². The second-order valence-electron chi connectivity index (χ2n) is 4.28. The van der Waals surface area contributed by atoms with E-state index in [2.05, 4.69) is 45.2 Å². The van der Waals surface area contributed by atoms with Gasteiger partial charge in [-0.25, -0.2) is 0 Å². The summed E-state index contributed by atoms with van der Waals surface area (Å²) in [6.07, 6.45) is 3.80. The number of hydrogen-bond acceptors (Lipinski definition) is 3. The van der Waals surface area contributed by atoms with E-state index in [0.717, 1.165) is 20.5 Å². The summed E-state index contributed by atoms with van der Waals surface area (Å²) in [6, 6.07) is 14.3. The Hall–Kier alpha value is -1.52. The van der Waals surface area contributed by atoms with Gasteiger partial charge >= 0.3 is 0 Å². The third-order valence-electron chi connectivity index (χ3n) is 2.97. The van der Waals surface area contributed by atoms with Crippen molar-refractivity contribution < 1.29 is 4.74 Å². The maximum Gasteiger partial charge on any atom is 0.118 e. The Morgan fingerprint density at radius 3 is 2.60 bits per heavy atom. The molecule has 3 aromatic rings. The molecule has 0 saturated heterocycles. The lowest BCUT2D eigenvalue weighted by molar-refractivity contribution is 0.414. The predicted octanol–water partition coefficient (Wildman–Crippen LogP) is 5.16. The lowest BCUT2D eigenvalue weighted by Gasteiger charge is -2.07. The number of methoxy groups -OCH3 is 1. The zero-order valence-electron chi connectivity index (χ0n) is 10.8. The fourth-order valence-electron chi connectivity index (χ4n) is 1.96. The largest absolute Gasteiger partial charge is 0.497 e. The van der Waals surface area contributed by atoms with Crippen LogP contribution >= 0.6 is 27.7 Å². The van der Waals surface area contributed by atoms with Crippen LogP contribution in [0.15, 0.2) is 69.1 Å². The highest BCUT2D eigenvalue weighted by Gasteiger charge is 2.05. The molecule has 0 N–H and O–H groups in total. The summed E-state index contributed by atoms with van der Waals surface area (Å²) in [4.78, 5) is 6.63. The van der Waals surface area contributed by atoms with E-state index < -0.39 is 0 Å². The van der Waals surface area contributed by atoms with Crippen LogP contribution in [0.2, 0.25) is 0 Å². The summed E-state index contributed by atoms with van der Waals surface area (Å²) in [7, 11) is 1.67. The first kappa shape index (κ1) is 13.5. The Kier molecular flexibility index (Phi) is 3.94. The molecule has 0 atom stereocenters. The van der Waals surface area contributed by atoms with E-state index in [1.165, 1.54) is 10.3 Å². The molecule has 0 bridgehead atoms. The Morgan fingerprint density at radius 1 is 1.05 bits per heavy atom. The molecule has 1 heterocycles. The quantitative estimate of drug-likeness (QED) is 0.654. The van der Waals surface area contributed by atoms with E-state index in [0.29, 0.717) is 0 Å². The molecule has 0 aliphatic rings. The van der Waals surface area contributed by atoms with E-state index in [9.17, 15) is 0 Å². The average molecular weight is 346 g/mol. The van der Waals surface area contributed by atoms with Crippen molar-refractivity contribution in [2.75, 3.05) is 7.11 Å². The summed E-state index contributed by atoms with van der Waals surface area (Å²) in [5.41, 5.74) is 0. The van der Waals surface area contributed by atoms with Crippen LogP contribution < -0.4 is 4.74 Å². The molecule has 2 aromatic carbocycles. The van der Waals surface area contributed by atoms with Crippen LogP contribution in [0.3, 0.4) is 0 Å². The van der Waals surface area contributed by atoms with Gasteiger partial charge in [0.25, 0.3) is 0 Å². The van der Waals surface area contributed by atoms with E-state index in [1.54, 1.807) is 18.9 Å². The molecule has 3 rings (SSSR count). The second-order valence-corrected chi connectivity index (χ2v) is 6.31. The lowest BCUT2D eigenvalue weighted by atomic mass is 10.2. The topological polar surface area (TPSA) is 22.1 Å². The fourth-order valence-corrected chi connectivity index (χ4v) is 3.25. The van der Waals surface area contributed by atoms with Crippen molar-refractivity contribution in [3.8, 4) is 5.75 Å². The van der Waals surface area contributed by atoms with Gasteiger partial charge in [-0.2, -0.15) is 0 Å². The number of benzene rings is 2. The first-order valence-electron chi connectivity index (χ1n) is 6.11. The van der Waals surface area contributed by atoms with Crippen molar-refractivity contribution in [3.63, 3.8) is 0 Å². The van der Waals surface area contributed by atoms with Crippen LogP contribution in [0.1, 0.15) is 0 Å². The van der Waals surface area contributed by atoms with Gasteiger partial charge in [0.05, 0.1) is 7.11 Å². The van der Waals surface area contributed by atoms with Crippen molar-refractivity contribution in [3.05, 3.63) is 59.3 Å². The molecule has 1 aromatic heterocycles. The Balaban J connectivity index is 1.99. The van der Waals surface area contributed by atoms with Gasteiger partial charge < -0.3 is 4.74 Å². The molecular formula is C16H12BrNOS. The van der Waals surface area contributed by atoms with Crippen molar-refractivity contribution in [2.45, 2.75) is 9.79 Å². The molecule has 0 aliphatic carbocycles. The number of fused-ring (bicyclic) bond motifs is 1. The SMILES string of the molecule is COc1ccc(Sc2cncc3ccc(Br)cc23)cc1. The standard InChI is InChI=1S/C16H12BrNOS/c1-19-13-4-6-14(7-5-13)20-16-10-18-9-11-2-3-12(17)8-15(11)16/h2-10H,1H3. The zero-order chi connectivity index (χ0) is 13.9. The predicted molar refractivity (Wildman–Crippen MR) is 86.6 cm³/mol. The average Bonchev–Trinajstić information content (AvgIpc) is 2.49. The monoisotopic (exact) mass is 345 g/mol. The van der Waals surface area contributed by atoms with Crippen LogP contribution in [-0.4, -0.2) is 12.1 Å². The molecule has 0 aliphatic heterocycles. The number of nitrogens with zero attached hydrogens (tertiary/aromatic N) is 1. The molecule has 0 spiro atoms. The van der Waals surface area contributed by atoms with Gasteiger partial charge in [-0.3, -0.25) is 4.98 Å². The van der Waals surface area contributed by atoms with Crippen molar-refractivity contribution in [1.29, 1.82) is 0 Å². The van der Waals surface area contributed by atoms with Gasteiger partial charge in [-0.05, 0) is 41.8 Å². The highest BCUT2D eigenvalue weighted by molar-refractivity contribution is 9.10. The molecule has 100 valence electrons. The van der Waals surface area contributed by atoms with Gasteiger partial charge in [-0.15, -0.1) is 0 Å². The minimum absolute atomic E-state index is 0.869. The van der Waals surface area contributed by atoms with Gasteiger partial charge in [0.15, 0.2) is 0 Å². The zero-order valence-corrected chi connectivity index (χ0v) is 13.2. The van der Waals surface area contributed by atoms with Gasteiger partial charge in [0.2, 0.25) is 0 Å². The molecular weight excluding hydrogens is 334 g/mol.